The first kappa shape index (κ1) is 17.0. The number of nitrogens with zero attached hydrogens (tertiary/aromatic N) is 2. The molecule has 2 amide bonds. The zero-order valence-corrected chi connectivity index (χ0v) is 14.4. The van der Waals surface area contributed by atoms with Crippen LogP contribution in [0.25, 0.3) is 0 Å². The Hall–Kier alpha value is -1.88. The summed E-state index contributed by atoms with van der Waals surface area (Å²) < 4.78 is 5.52. The van der Waals surface area contributed by atoms with Crippen LogP contribution in [0.4, 0.5) is 5.69 Å². The minimum absolute atomic E-state index is 0.0599. The van der Waals surface area contributed by atoms with Crippen molar-refractivity contribution < 1.29 is 14.3 Å². The Morgan fingerprint density at radius 1 is 1.29 bits per heavy atom. The van der Waals surface area contributed by atoms with Crippen molar-refractivity contribution in [2.45, 2.75) is 32.6 Å². The minimum atomic E-state index is 0.0599. The first-order chi connectivity index (χ1) is 11.7. The number of anilines is 1. The highest BCUT2D eigenvalue weighted by atomic mass is 16.5. The Bertz CT molecular complexity index is 602. The van der Waals surface area contributed by atoms with Gasteiger partial charge in [-0.05, 0) is 50.3 Å². The zero-order valence-electron chi connectivity index (χ0n) is 14.4. The second kappa shape index (κ2) is 7.79. The van der Waals surface area contributed by atoms with Gasteiger partial charge in [-0.2, -0.15) is 0 Å². The first-order valence-corrected chi connectivity index (χ1v) is 8.96. The Morgan fingerprint density at radius 2 is 2.17 bits per heavy atom. The molecule has 130 valence electrons. The van der Waals surface area contributed by atoms with Gasteiger partial charge in [-0.1, -0.05) is 6.07 Å². The van der Waals surface area contributed by atoms with Gasteiger partial charge in [0, 0.05) is 43.9 Å². The molecule has 1 unspecified atom stereocenters. The lowest BCUT2D eigenvalue weighted by molar-refractivity contribution is -0.117. The molecule has 0 spiro atoms. The molecular weight excluding hydrogens is 304 g/mol. The van der Waals surface area contributed by atoms with E-state index in [1.807, 2.05) is 36.1 Å². The molecule has 5 nitrogen and oxygen atoms in total. The highest BCUT2D eigenvalue weighted by Gasteiger charge is 2.26. The van der Waals surface area contributed by atoms with E-state index in [9.17, 15) is 9.59 Å². The van der Waals surface area contributed by atoms with Crippen molar-refractivity contribution in [2.24, 2.45) is 5.92 Å². The summed E-state index contributed by atoms with van der Waals surface area (Å²) in [5.74, 6) is 0.630. The van der Waals surface area contributed by atoms with Crippen molar-refractivity contribution >= 4 is 17.5 Å². The fourth-order valence-corrected chi connectivity index (χ4v) is 3.58. The topological polar surface area (TPSA) is 49.9 Å². The first-order valence-electron chi connectivity index (χ1n) is 8.96. The van der Waals surface area contributed by atoms with Gasteiger partial charge in [-0.3, -0.25) is 9.59 Å². The van der Waals surface area contributed by atoms with E-state index in [-0.39, 0.29) is 11.8 Å². The normalized spacial score (nSPS) is 21.4. The van der Waals surface area contributed by atoms with E-state index in [2.05, 4.69) is 0 Å². The van der Waals surface area contributed by atoms with E-state index in [1.165, 1.54) is 0 Å². The highest BCUT2D eigenvalue weighted by molar-refractivity contribution is 5.99. The van der Waals surface area contributed by atoms with Gasteiger partial charge in [-0.15, -0.1) is 0 Å². The molecule has 1 aromatic rings. The smallest absolute Gasteiger partial charge is 0.253 e. The van der Waals surface area contributed by atoms with Crippen LogP contribution in [0.5, 0.6) is 0 Å². The summed E-state index contributed by atoms with van der Waals surface area (Å²) in [4.78, 5) is 28.5. The molecule has 0 aromatic heterocycles. The van der Waals surface area contributed by atoms with Crippen LogP contribution >= 0.6 is 0 Å². The lowest BCUT2D eigenvalue weighted by atomic mass is 9.98. The number of amides is 2. The van der Waals surface area contributed by atoms with Gasteiger partial charge in [0.25, 0.3) is 5.91 Å². The van der Waals surface area contributed by atoms with Crippen molar-refractivity contribution in [1.29, 1.82) is 0 Å². The van der Waals surface area contributed by atoms with Gasteiger partial charge in [0.15, 0.2) is 0 Å². The largest absolute Gasteiger partial charge is 0.381 e. The molecule has 2 saturated heterocycles. The van der Waals surface area contributed by atoms with Crippen LogP contribution in [-0.4, -0.2) is 49.6 Å². The predicted molar refractivity (Wildman–Crippen MR) is 93.1 cm³/mol. The molecule has 0 saturated carbocycles. The van der Waals surface area contributed by atoms with E-state index in [1.54, 1.807) is 4.90 Å². The average Bonchev–Trinajstić information content (AvgIpc) is 3.05. The van der Waals surface area contributed by atoms with Crippen LogP contribution in [0.1, 0.15) is 43.0 Å². The quantitative estimate of drug-likeness (QED) is 0.834. The van der Waals surface area contributed by atoms with Crippen LogP contribution in [-0.2, 0) is 9.53 Å². The molecule has 2 aliphatic heterocycles. The van der Waals surface area contributed by atoms with Crippen molar-refractivity contribution in [1.82, 2.24) is 4.90 Å². The Balaban J connectivity index is 1.69. The number of hydrogen-bond donors (Lipinski definition) is 0. The van der Waals surface area contributed by atoms with Gasteiger partial charge < -0.3 is 14.5 Å². The van der Waals surface area contributed by atoms with Crippen molar-refractivity contribution in [3.05, 3.63) is 29.8 Å². The summed E-state index contributed by atoms with van der Waals surface area (Å²) in [5, 5.41) is 0. The van der Waals surface area contributed by atoms with Crippen molar-refractivity contribution in [3.63, 3.8) is 0 Å². The number of hydrogen-bond acceptors (Lipinski definition) is 3. The van der Waals surface area contributed by atoms with Crippen LogP contribution < -0.4 is 4.90 Å². The molecule has 0 radical (unpaired) electrons. The van der Waals surface area contributed by atoms with Gasteiger partial charge in [0.05, 0.1) is 6.61 Å². The number of benzene rings is 1. The lowest BCUT2D eigenvalue weighted by Crippen LogP contribution is -2.41. The van der Waals surface area contributed by atoms with E-state index in [0.717, 1.165) is 57.8 Å². The molecule has 2 fully saturated rings. The van der Waals surface area contributed by atoms with E-state index in [4.69, 9.17) is 4.74 Å². The second-order valence-corrected chi connectivity index (χ2v) is 6.62. The second-order valence-electron chi connectivity index (χ2n) is 6.62. The SMILES string of the molecule is CCOCC1CCCN(C(=O)c2cccc(N3CCCC3=O)c2)C1. The predicted octanol–water partition coefficient (Wildman–Crippen LogP) is 2.70. The summed E-state index contributed by atoms with van der Waals surface area (Å²) in [5.41, 5.74) is 1.51. The van der Waals surface area contributed by atoms with Crippen LogP contribution in [0.15, 0.2) is 24.3 Å². The molecule has 24 heavy (non-hydrogen) atoms. The fourth-order valence-electron chi connectivity index (χ4n) is 3.58. The monoisotopic (exact) mass is 330 g/mol. The molecule has 2 aliphatic rings. The summed E-state index contributed by atoms with van der Waals surface area (Å²) in [7, 11) is 0. The summed E-state index contributed by atoms with van der Waals surface area (Å²) in [6.07, 6.45) is 3.63. The number of piperidine rings is 1. The Morgan fingerprint density at radius 3 is 2.92 bits per heavy atom. The van der Waals surface area contributed by atoms with Gasteiger partial charge >= 0.3 is 0 Å². The van der Waals surface area contributed by atoms with Crippen LogP contribution in [0, 0.1) is 5.92 Å². The van der Waals surface area contributed by atoms with E-state index >= 15 is 0 Å². The van der Waals surface area contributed by atoms with Gasteiger partial charge in [0.2, 0.25) is 5.91 Å². The van der Waals surface area contributed by atoms with Crippen LogP contribution in [0.2, 0.25) is 0 Å². The highest BCUT2D eigenvalue weighted by Crippen LogP contribution is 2.24. The molecule has 2 heterocycles. The third kappa shape index (κ3) is 3.78. The number of carbonyl (C=O) groups is 2. The number of carbonyl (C=O) groups excluding carboxylic acids is 2. The van der Waals surface area contributed by atoms with Gasteiger partial charge in [-0.25, -0.2) is 0 Å². The maximum Gasteiger partial charge on any atom is 0.253 e. The molecule has 1 aromatic carbocycles. The number of ether oxygens (including phenoxy) is 1. The molecule has 5 heteroatoms. The van der Waals surface area contributed by atoms with E-state index < -0.39 is 0 Å². The Labute approximate surface area is 143 Å². The summed E-state index contributed by atoms with van der Waals surface area (Å²) in [6, 6.07) is 7.49. The third-order valence-corrected chi connectivity index (χ3v) is 4.84. The minimum Gasteiger partial charge on any atom is -0.381 e. The molecule has 0 aliphatic carbocycles. The van der Waals surface area contributed by atoms with Crippen molar-refractivity contribution in [3.8, 4) is 0 Å². The van der Waals surface area contributed by atoms with Crippen molar-refractivity contribution in [2.75, 3.05) is 37.7 Å². The van der Waals surface area contributed by atoms with Gasteiger partial charge in [0.1, 0.15) is 0 Å². The molecule has 0 N–H and O–H groups in total. The standard InChI is InChI=1S/C19H26N2O3/c1-2-24-14-15-6-4-10-20(13-15)19(23)16-7-3-8-17(12-16)21-11-5-9-18(21)22/h3,7-8,12,15H,2,4-6,9-11,13-14H2,1H3. The summed E-state index contributed by atoms with van der Waals surface area (Å²) >= 11 is 0. The van der Waals surface area contributed by atoms with Crippen LogP contribution in [0.3, 0.4) is 0 Å². The summed E-state index contributed by atoms with van der Waals surface area (Å²) in [6.45, 7) is 5.74. The Kier molecular flexibility index (Phi) is 5.51. The maximum atomic E-state index is 12.8. The zero-order chi connectivity index (χ0) is 16.9. The molecule has 0 bridgehead atoms. The molecule has 3 rings (SSSR count). The lowest BCUT2D eigenvalue weighted by Gasteiger charge is -2.32. The maximum absolute atomic E-state index is 12.8. The molecular formula is C19H26N2O3. The van der Waals surface area contributed by atoms with E-state index in [0.29, 0.717) is 17.9 Å². The average molecular weight is 330 g/mol. The number of rotatable bonds is 5. The molecule has 1 atom stereocenters. The fraction of sp³-hybridized carbons (Fsp3) is 0.579. The third-order valence-electron chi connectivity index (χ3n) is 4.84. The number of likely N-dealkylation sites (tertiary alicyclic amines) is 1.